The van der Waals surface area contributed by atoms with Gasteiger partial charge in [0.25, 0.3) is 5.91 Å². The molecule has 1 unspecified atom stereocenters. The molecule has 0 saturated heterocycles. The van der Waals surface area contributed by atoms with Crippen LogP contribution in [0.25, 0.3) is 10.4 Å². The number of rotatable bonds is 7. The SMILES string of the molecule is CC(C)Oc1c(N=[N+]=[N-])ccc(C(=O)Nc2ccc(C(O)OC(C)(C)C)cc2)c1O. The van der Waals surface area contributed by atoms with Crippen LogP contribution in [0.2, 0.25) is 0 Å². The molecule has 160 valence electrons. The highest BCUT2D eigenvalue weighted by Gasteiger charge is 2.21. The summed E-state index contributed by atoms with van der Waals surface area (Å²) in [7, 11) is 0. The summed E-state index contributed by atoms with van der Waals surface area (Å²) in [5.41, 5.74) is 9.20. The molecule has 9 nitrogen and oxygen atoms in total. The normalized spacial score (nSPS) is 12.2. The van der Waals surface area contributed by atoms with E-state index in [4.69, 9.17) is 15.0 Å². The highest BCUT2D eigenvalue weighted by Crippen LogP contribution is 2.40. The Kier molecular flexibility index (Phi) is 7.28. The highest BCUT2D eigenvalue weighted by atomic mass is 16.6. The van der Waals surface area contributed by atoms with Gasteiger partial charge in [0.2, 0.25) is 0 Å². The van der Waals surface area contributed by atoms with Gasteiger partial charge in [-0.1, -0.05) is 17.2 Å². The number of carbonyl (C=O) groups is 1. The molecule has 0 aliphatic carbocycles. The molecule has 9 heteroatoms. The van der Waals surface area contributed by atoms with Crippen molar-refractivity contribution in [2.24, 2.45) is 5.11 Å². The molecule has 1 atom stereocenters. The van der Waals surface area contributed by atoms with Gasteiger partial charge in [0.15, 0.2) is 17.8 Å². The van der Waals surface area contributed by atoms with Crippen LogP contribution in [0, 0.1) is 0 Å². The van der Waals surface area contributed by atoms with Crippen molar-refractivity contribution in [3.63, 3.8) is 0 Å². The number of nitrogens with zero attached hydrogens (tertiary/aromatic N) is 3. The summed E-state index contributed by atoms with van der Waals surface area (Å²) in [6, 6.07) is 9.22. The average molecular weight is 414 g/mol. The number of phenolic OH excluding ortho intramolecular Hbond substituents is 1. The standard InChI is InChI=1S/C21H26N4O5/c1-12(2)29-18-16(24-25-22)11-10-15(17(18)26)19(27)23-14-8-6-13(7-9-14)20(28)30-21(3,4)5/h6-12,20,26,28H,1-5H3,(H,23,27). The summed E-state index contributed by atoms with van der Waals surface area (Å²) in [5, 5.41) is 26.8. The molecule has 30 heavy (non-hydrogen) atoms. The van der Waals surface area contributed by atoms with Crippen molar-refractivity contribution in [1.29, 1.82) is 0 Å². The topological polar surface area (TPSA) is 137 Å². The van der Waals surface area contributed by atoms with Crippen molar-refractivity contribution in [2.75, 3.05) is 5.32 Å². The van der Waals surface area contributed by atoms with E-state index in [2.05, 4.69) is 15.3 Å². The van der Waals surface area contributed by atoms with Crippen molar-refractivity contribution in [3.05, 3.63) is 58.0 Å². The third-order valence-corrected chi connectivity index (χ3v) is 3.78. The van der Waals surface area contributed by atoms with Crippen LogP contribution in [0.1, 0.15) is 56.8 Å². The molecule has 0 heterocycles. The Labute approximate surface area is 174 Å². The summed E-state index contributed by atoms with van der Waals surface area (Å²) in [6.07, 6.45) is -1.40. The van der Waals surface area contributed by atoms with Crippen LogP contribution >= 0.6 is 0 Å². The summed E-state index contributed by atoms with van der Waals surface area (Å²) in [5.74, 6) is -1.06. The van der Waals surface area contributed by atoms with E-state index < -0.39 is 23.5 Å². The minimum atomic E-state index is -1.09. The van der Waals surface area contributed by atoms with Crippen molar-refractivity contribution in [2.45, 2.75) is 52.6 Å². The number of aromatic hydroxyl groups is 1. The van der Waals surface area contributed by atoms with Crippen LogP contribution < -0.4 is 10.1 Å². The van der Waals surface area contributed by atoms with Gasteiger partial charge in [0.1, 0.15) is 0 Å². The molecule has 0 fully saturated rings. The maximum Gasteiger partial charge on any atom is 0.259 e. The third-order valence-electron chi connectivity index (χ3n) is 3.78. The Morgan fingerprint density at radius 3 is 2.33 bits per heavy atom. The van der Waals surface area contributed by atoms with Gasteiger partial charge in [-0.2, -0.15) is 0 Å². The number of amides is 1. The van der Waals surface area contributed by atoms with Gasteiger partial charge in [0, 0.05) is 16.2 Å². The van der Waals surface area contributed by atoms with Crippen LogP contribution in [0.15, 0.2) is 41.5 Å². The van der Waals surface area contributed by atoms with E-state index in [1.807, 2.05) is 20.8 Å². The molecule has 0 aliphatic rings. The van der Waals surface area contributed by atoms with Crippen molar-refractivity contribution < 1.29 is 24.5 Å². The molecule has 2 aromatic rings. The van der Waals surface area contributed by atoms with Crippen LogP contribution in [0.3, 0.4) is 0 Å². The largest absolute Gasteiger partial charge is 0.504 e. The number of aliphatic hydroxyl groups is 1. The van der Waals surface area contributed by atoms with Crippen molar-refractivity contribution in [1.82, 2.24) is 0 Å². The monoisotopic (exact) mass is 414 g/mol. The zero-order valence-electron chi connectivity index (χ0n) is 17.6. The molecule has 0 aromatic heterocycles. The maximum absolute atomic E-state index is 12.6. The van der Waals surface area contributed by atoms with Gasteiger partial charge in [-0.15, -0.1) is 0 Å². The Morgan fingerprint density at radius 1 is 1.17 bits per heavy atom. The van der Waals surface area contributed by atoms with E-state index in [-0.39, 0.29) is 23.1 Å². The fourth-order valence-electron chi connectivity index (χ4n) is 2.56. The van der Waals surface area contributed by atoms with Gasteiger partial charge in [-0.25, -0.2) is 0 Å². The number of azide groups is 1. The molecular formula is C21H26N4O5. The zero-order chi connectivity index (χ0) is 22.5. The van der Waals surface area contributed by atoms with E-state index >= 15 is 0 Å². The number of hydrogen-bond donors (Lipinski definition) is 3. The maximum atomic E-state index is 12.6. The molecule has 2 rings (SSSR count). The lowest BCUT2D eigenvalue weighted by atomic mass is 10.1. The summed E-state index contributed by atoms with van der Waals surface area (Å²) >= 11 is 0. The minimum Gasteiger partial charge on any atom is -0.504 e. The predicted octanol–water partition coefficient (Wildman–Crippen LogP) is 5.18. The van der Waals surface area contributed by atoms with Gasteiger partial charge < -0.3 is 25.0 Å². The van der Waals surface area contributed by atoms with Gasteiger partial charge in [-0.05, 0) is 64.4 Å². The molecule has 0 bridgehead atoms. The number of hydrogen-bond acceptors (Lipinski definition) is 6. The number of ether oxygens (including phenoxy) is 2. The fraction of sp³-hybridized carbons (Fsp3) is 0.381. The first-order chi connectivity index (χ1) is 14.0. The van der Waals surface area contributed by atoms with Crippen LogP contribution in [-0.2, 0) is 4.74 Å². The van der Waals surface area contributed by atoms with Gasteiger partial charge in [-0.3, -0.25) is 4.79 Å². The second-order valence-corrected chi connectivity index (χ2v) is 7.82. The smallest absolute Gasteiger partial charge is 0.259 e. The number of anilines is 1. The molecule has 0 aliphatic heterocycles. The fourth-order valence-corrected chi connectivity index (χ4v) is 2.56. The van der Waals surface area contributed by atoms with E-state index in [1.54, 1.807) is 38.1 Å². The molecule has 3 N–H and O–H groups in total. The van der Waals surface area contributed by atoms with Crippen LogP contribution in [0.4, 0.5) is 11.4 Å². The molecule has 0 saturated carbocycles. The van der Waals surface area contributed by atoms with Crippen LogP contribution in [0.5, 0.6) is 11.5 Å². The molecular weight excluding hydrogens is 388 g/mol. The summed E-state index contributed by atoms with van der Waals surface area (Å²) in [4.78, 5) is 15.3. The summed E-state index contributed by atoms with van der Waals surface area (Å²) < 4.78 is 11.0. The quantitative estimate of drug-likeness (QED) is 0.248. The Balaban J connectivity index is 2.22. The zero-order valence-corrected chi connectivity index (χ0v) is 17.6. The van der Waals surface area contributed by atoms with E-state index in [0.717, 1.165) is 0 Å². The number of benzene rings is 2. The lowest BCUT2D eigenvalue weighted by Crippen LogP contribution is -2.22. The lowest BCUT2D eigenvalue weighted by molar-refractivity contribution is -0.169. The molecule has 0 spiro atoms. The molecule has 1 amide bonds. The average Bonchev–Trinajstić information content (AvgIpc) is 2.63. The van der Waals surface area contributed by atoms with Gasteiger partial charge in [0.05, 0.1) is 23.0 Å². The molecule has 0 radical (unpaired) electrons. The van der Waals surface area contributed by atoms with E-state index in [1.165, 1.54) is 12.1 Å². The van der Waals surface area contributed by atoms with Gasteiger partial charge >= 0.3 is 0 Å². The van der Waals surface area contributed by atoms with Crippen molar-refractivity contribution in [3.8, 4) is 11.5 Å². The summed E-state index contributed by atoms with van der Waals surface area (Å²) in [6.45, 7) is 8.99. The molecule has 2 aromatic carbocycles. The number of carbonyl (C=O) groups excluding carboxylic acids is 1. The second-order valence-electron chi connectivity index (χ2n) is 7.82. The Hall–Kier alpha value is -3.26. The van der Waals surface area contributed by atoms with E-state index in [0.29, 0.717) is 11.3 Å². The first-order valence-electron chi connectivity index (χ1n) is 9.36. The third kappa shape index (κ3) is 6.12. The first kappa shape index (κ1) is 23.0. The Bertz CT molecular complexity index is 945. The Morgan fingerprint density at radius 2 is 1.80 bits per heavy atom. The number of nitrogens with one attached hydrogen (secondary N) is 1. The number of phenols is 1. The minimum absolute atomic E-state index is 0.0392. The second kappa shape index (κ2) is 9.49. The first-order valence-corrected chi connectivity index (χ1v) is 9.36. The van der Waals surface area contributed by atoms with E-state index in [9.17, 15) is 15.0 Å². The van der Waals surface area contributed by atoms with Crippen LogP contribution in [-0.4, -0.2) is 27.8 Å². The van der Waals surface area contributed by atoms with Crippen molar-refractivity contribution >= 4 is 17.3 Å². The predicted molar refractivity (Wildman–Crippen MR) is 113 cm³/mol. The lowest BCUT2D eigenvalue weighted by Gasteiger charge is -2.24. The number of aliphatic hydroxyl groups excluding tert-OH is 1. The highest BCUT2D eigenvalue weighted by molar-refractivity contribution is 6.07.